The molecule has 2 heterocycles. The van der Waals surface area contributed by atoms with Gasteiger partial charge in [0.05, 0.1) is 0 Å². The number of carboxylic acids is 1. The molecule has 0 spiro atoms. The van der Waals surface area contributed by atoms with Gasteiger partial charge in [0, 0.05) is 28.9 Å². The molecule has 0 atom stereocenters. The fourth-order valence-corrected chi connectivity index (χ4v) is 4.72. The molecule has 0 fully saturated rings. The summed E-state index contributed by atoms with van der Waals surface area (Å²) >= 11 is 1.38. The standard InChI is InChI=1S/C25H31NO2S/c1-3-4-5-6-9-20-12-14-22(19(2)18-20)23-11-8-17-26(23)16-7-10-21-13-15-24(29-21)25(27)28/h8,11-15,17-18H,3-7,9-10,16H2,1-2H3,(H,27,28). The average molecular weight is 410 g/mol. The SMILES string of the molecule is CCCCCCc1ccc(-c2cccn2CCCc2ccc(C(=O)O)s2)c(C)c1. The number of benzene rings is 1. The molecule has 1 N–H and O–H groups in total. The van der Waals surface area contributed by atoms with Crippen LogP contribution in [-0.4, -0.2) is 15.6 Å². The van der Waals surface area contributed by atoms with E-state index in [0.29, 0.717) is 4.88 Å². The lowest BCUT2D eigenvalue weighted by atomic mass is 9.99. The number of carboxylic acid groups (broad SMARTS) is 1. The lowest BCUT2D eigenvalue weighted by Gasteiger charge is -2.13. The fraction of sp³-hybridized carbons (Fsp3) is 0.400. The molecule has 0 saturated carbocycles. The average Bonchev–Trinajstić information content (AvgIpc) is 3.35. The minimum absolute atomic E-state index is 0.423. The summed E-state index contributed by atoms with van der Waals surface area (Å²) in [6.45, 7) is 5.39. The number of rotatable bonds is 11. The van der Waals surface area contributed by atoms with Crippen molar-refractivity contribution in [3.63, 3.8) is 0 Å². The Kier molecular flexibility index (Phi) is 7.70. The van der Waals surface area contributed by atoms with Crippen LogP contribution in [0.15, 0.2) is 48.7 Å². The molecule has 4 heteroatoms. The number of aromatic carboxylic acids is 1. The molecule has 0 unspecified atom stereocenters. The summed E-state index contributed by atoms with van der Waals surface area (Å²) in [7, 11) is 0. The van der Waals surface area contributed by atoms with Gasteiger partial charge in [0.25, 0.3) is 0 Å². The van der Waals surface area contributed by atoms with Crippen molar-refractivity contribution in [1.82, 2.24) is 4.57 Å². The van der Waals surface area contributed by atoms with Gasteiger partial charge in [-0.15, -0.1) is 11.3 Å². The zero-order chi connectivity index (χ0) is 20.6. The number of hydrogen-bond acceptors (Lipinski definition) is 2. The quantitative estimate of drug-likeness (QED) is 0.347. The highest BCUT2D eigenvalue weighted by Crippen LogP contribution is 2.26. The van der Waals surface area contributed by atoms with E-state index in [1.54, 1.807) is 6.07 Å². The zero-order valence-corrected chi connectivity index (χ0v) is 18.3. The number of unbranched alkanes of at least 4 members (excludes halogenated alkanes) is 3. The maximum atomic E-state index is 11.0. The Balaban J connectivity index is 1.60. The van der Waals surface area contributed by atoms with Gasteiger partial charge in [-0.2, -0.15) is 0 Å². The molecule has 0 aliphatic rings. The molecule has 0 aliphatic carbocycles. The van der Waals surface area contributed by atoms with Crippen molar-refractivity contribution in [2.24, 2.45) is 0 Å². The summed E-state index contributed by atoms with van der Waals surface area (Å²) in [4.78, 5) is 12.6. The minimum atomic E-state index is -0.835. The van der Waals surface area contributed by atoms with Gasteiger partial charge in [-0.05, 0) is 68.0 Å². The second-order valence-electron chi connectivity index (χ2n) is 7.72. The van der Waals surface area contributed by atoms with Gasteiger partial charge in [-0.3, -0.25) is 0 Å². The minimum Gasteiger partial charge on any atom is -0.477 e. The highest BCUT2D eigenvalue weighted by Gasteiger charge is 2.10. The third-order valence-electron chi connectivity index (χ3n) is 5.41. The molecule has 3 nitrogen and oxygen atoms in total. The van der Waals surface area contributed by atoms with Crippen LogP contribution in [0, 0.1) is 6.92 Å². The normalized spacial score (nSPS) is 11.1. The maximum Gasteiger partial charge on any atom is 0.345 e. The van der Waals surface area contributed by atoms with Gasteiger partial charge in [-0.1, -0.05) is 44.4 Å². The van der Waals surface area contributed by atoms with Gasteiger partial charge < -0.3 is 9.67 Å². The Morgan fingerprint density at radius 3 is 2.62 bits per heavy atom. The highest BCUT2D eigenvalue weighted by molar-refractivity contribution is 7.13. The predicted molar refractivity (Wildman–Crippen MR) is 122 cm³/mol. The van der Waals surface area contributed by atoms with Crippen molar-refractivity contribution in [3.05, 3.63) is 69.5 Å². The van der Waals surface area contributed by atoms with Crippen molar-refractivity contribution >= 4 is 17.3 Å². The van der Waals surface area contributed by atoms with Gasteiger partial charge in [0.2, 0.25) is 0 Å². The number of aryl methyl sites for hydroxylation is 4. The van der Waals surface area contributed by atoms with E-state index in [4.69, 9.17) is 5.11 Å². The maximum absolute atomic E-state index is 11.0. The van der Waals surface area contributed by atoms with E-state index in [2.05, 4.69) is 54.9 Å². The Labute approximate surface area is 178 Å². The topological polar surface area (TPSA) is 42.2 Å². The van der Waals surface area contributed by atoms with Gasteiger partial charge in [0.15, 0.2) is 0 Å². The van der Waals surface area contributed by atoms with Crippen LogP contribution in [0.1, 0.15) is 64.7 Å². The number of hydrogen-bond donors (Lipinski definition) is 1. The molecule has 0 amide bonds. The highest BCUT2D eigenvalue weighted by atomic mass is 32.1. The molecule has 3 aromatic rings. The summed E-state index contributed by atoms with van der Waals surface area (Å²) < 4.78 is 2.31. The molecule has 3 rings (SSSR count). The summed E-state index contributed by atoms with van der Waals surface area (Å²) in [6, 6.07) is 14.8. The number of aromatic nitrogens is 1. The molecule has 154 valence electrons. The van der Waals surface area contributed by atoms with Crippen LogP contribution in [0.3, 0.4) is 0 Å². The van der Waals surface area contributed by atoms with Crippen molar-refractivity contribution in [3.8, 4) is 11.3 Å². The van der Waals surface area contributed by atoms with Crippen LogP contribution in [-0.2, 0) is 19.4 Å². The molecule has 1 aromatic carbocycles. The fourth-order valence-electron chi connectivity index (χ4n) is 3.83. The Bertz CT molecular complexity index is 938. The lowest BCUT2D eigenvalue weighted by molar-refractivity contribution is 0.0702. The lowest BCUT2D eigenvalue weighted by Crippen LogP contribution is -2.01. The number of carbonyl (C=O) groups is 1. The second-order valence-corrected chi connectivity index (χ2v) is 8.89. The monoisotopic (exact) mass is 409 g/mol. The van der Waals surface area contributed by atoms with Crippen LogP contribution >= 0.6 is 11.3 Å². The molecular weight excluding hydrogens is 378 g/mol. The first-order valence-corrected chi connectivity index (χ1v) is 11.5. The largest absolute Gasteiger partial charge is 0.477 e. The van der Waals surface area contributed by atoms with Crippen molar-refractivity contribution in [2.75, 3.05) is 0 Å². The van der Waals surface area contributed by atoms with Gasteiger partial charge in [0.1, 0.15) is 4.88 Å². The molecular formula is C25H31NO2S. The third kappa shape index (κ3) is 5.83. The Morgan fingerprint density at radius 1 is 1.03 bits per heavy atom. The summed E-state index contributed by atoms with van der Waals surface area (Å²) in [5, 5.41) is 9.06. The predicted octanol–water partition coefficient (Wildman–Crippen LogP) is 6.98. The van der Waals surface area contributed by atoms with Crippen LogP contribution in [0.25, 0.3) is 11.3 Å². The number of thiophene rings is 1. The van der Waals surface area contributed by atoms with E-state index >= 15 is 0 Å². The molecule has 29 heavy (non-hydrogen) atoms. The Morgan fingerprint density at radius 2 is 1.90 bits per heavy atom. The molecule has 0 bridgehead atoms. The molecule has 0 aliphatic heterocycles. The summed E-state index contributed by atoms with van der Waals surface area (Å²) in [6.07, 6.45) is 10.4. The van der Waals surface area contributed by atoms with Crippen LogP contribution in [0.5, 0.6) is 0 Å². The number of nitrogens with zero attached hydrogens (tertiary/aromatic N) is 1. The second kappa shape index (κ2) is 10.4. The Hall–Kier alpha value is -2.33. The molecule has 0 radical (unpaired) electrons. The van der Waals surface area contributed by atoms with E-state index < -0.39 is 5.97 Å². The van der Waals surface area contributed by atoms with E-state index in [9.17, 15) is 4.79 Å². The third-order valence-corrected chi connectivity index (χ3v) is 6.54. The summed E-state index contributed by atoms with van der Waals surface area (Å²) in [5.41, 5.74) is 5.34. The van der Waals surface area contributed by atoms with E-state index in [0.717, 1.165) is 24.3 Å². The van der Waals surface area contributed by atoms with Gasteiger partial charge >= 0.3 is 5.97 Å². The smallest absolute Gasteiger partial charge is 0.345 e. The molecule has 2 aromatic heterocycles. The van der Waals surface area contributed by atoms with Crippen molar-refractivity contribution < 1.29 is 9.90 Å². The first kappa shape index (κ1) is 21.4. The van der Waals surface area contributed by atoms with Crippen LogP contribution < -0.4 is 0 Å². The van der Waals surface area contributed by atoms with E-state index in [1.807, 2.05) is 6.07 Å². The first-order chi connectivity index (χ1) is 14.1. The van der Waals surface area contributed by atoms with Gasteiger partial charge in [-0.25, -0.2) is 4.79 Å². The van der Waals surface area contributed by atoms with Crippen molar-refractivity contribution in [2.45, 2.75) is 65.3 Å². The first-order valence-electron chi connectivity index (χ1n) is 10.7. The molecule has 0 saturated heterocycles. The van der Waals surface area contributed by atoms with E-state index in [-0.39, 0.29) is 0 Å². The summed E-state index contributed by atoms with van der Waals surface area (Å²) in [5.74, 6) is -0.835. The van der Waals surface area contributed by atoms with Crippen LogP contribution in [0.2, 0.25) is 0 Å². The van der Waals surface area contributed by atoms with Crippen molar-refractivity contribution in [1.29, 1.82) is 0 Å². The zero-order valence-electron chi connectivity index (χ0n) is 17.5. The van der Waals surface area contributed by atoms with Crippen LogP contribution in [0.4, 0.5) is 0 Å². The van der Waals surface area contributed by atoms with E-state index in [1.165, 1.54) is 65.8 Å².